The first kappa shape index (κ1) is 24.2. The molecule has 0 spiro atoms. The summed E-state index contributed by atoms with van der Waals surface area (Å²) < 4.78 is 28.0. The molecule has 4 rings (SSSR count). The molecule has 2 amide bonds. The van der Waals surface area contributed by atoms with Crippen molar-refractivity contribution in [2.24, 2.45) is 4.99 Å². The zero-order valence-electron chi connectivity index (χ0n) is 19.0. The van der Waals surface area contributed by atoms with Crippen LogP contribution in [0.15, 0.2) is 94.8 Å². The van der Waals surface area contributed by atoms with E-state index in [1.54, 1.807) is 42.5 Å². The Hall–Kier alpha value is -3.98. The standard InChI is InChI=1S/C26H26N4O4S/c31-25(20-11-5-2-6-12-20)29-23(17-19-9-3-1-4-10-19)26(32)28-21-13-7-14-22(18-21)35(33,34)30-24-15-8-16-27-24/h1-7,9-14,18,23H,8,15-17H2,(H,27,30)(H,28,32)(H,29,31). The van der Waals surface area contributed by atoms with Crippen LogP contribution in [0.25, 0.3) is 0 Å². The van der Waals surface area contributed by atoms with Crippen LogP contribution >= 0.6 is 0 Å². The Balaban J connectivity index is 1.52. The summed E-state index contributed by atoms with van der Waals surface area (Å²) in [6.45, 7) is 0.603. The number of anilines is 1. The fraction of sp³-hybridized carbons (Fsp3) is 0.192. The maximum absolute atomic E-state index is 13.2. The molecular weight excluding hydrogens is 464 g/mol. The van der Waals surface area contributed by atoms with Gasteiger partial charge in [-0.15, -0.1) is 0 Å². The molecule has 9 heteroatoms. The van der Waals surface area contributed by atoms with Gasteiger partial charge in [-0.1, -0.05) is 54.6 Å². The fourth-order valence-electron chi connectivity index (χ4n) is 3.70. The number of nitrogens with zero attached hydrogens (tertiary/aromatic N) is 1. The van der Waals surface area contributed by atoms with Crippen LogP contribution in [-0.4, -0.2) is 38.7 Å². The zero-order valence-corrected chi connectivity index (χ0v) is 19.8. The Morgan fingerprint density at radius 1 is 0.914 bits per heavy atom. The number of nitrogens with one attached hydrogen (secondary N) is 3. The number of benzene rings is 3. The minimum Gasteiger partial charge on any atom is -0.340 e. The van der Waals surface area contributed by atoms with Gasteiger partial charge in [0.25, 0.3) is 15.9 Å². The minimum atomic E-state index is -3.83. The van der Waals surface area contributed by atoms with Crippen LogP contribution in [0.2, 0.25) is 0 Å². The van der Waals surface area contributed by atoms with E-state index >= 15 is 0 Å². The number of aliphatic imine (C=N–C) groups is 1. The predicted octanol–water partition coefficient (Wildman–Crippen LogP) is 3.14. The zero-order chi connectivity index (χ0) is 24.7. The quantitative estimate of drug-likeness (QED) is 0.450. The molecule has 35 heavy (non-hydrogen) atoms. The van der Waals surface area contributed by atoms with Crippen LogP contribution in [0.3, 0.4) is 0 Å². The third-order valence-electron chi connectivity index (χ3n) is 5.48. The summed E-state index contributed by atoms with van der Waals surface area (Å²) >= 11 is 0. The normalized spacial score (nSPS) is 14.0. The molecule has 0 saturated heterocycles. The van der Waals surface area contributed by atoms with Crippen molar-refractivity contribution in [2.75, 3.05) is 11.9 Å². The lowest BCUT2D eigenvalue weighted by Crippen LogP contribution is -2.45. The third kappa shape index (κ3) is 6.54. The van der Waals surface area contributed by atoms with Gasteiger partial charge in [0.1, 0.15) is 11.9 Å². The van der Waals surface area contributed by atoms with Crippen molar-refractivity contribution >= 4 is 33.4 Å². The van der Waals surface area contributed by atoms with Gasteiger partial charge < -0.3 is 10.6 Å². The summed E-state index contributed by atoms with van der Waals surface area (Å²) in [4.78, 5) is 30.1. The maximum atomic E-state index is 13.2. The van der Waals surface area contributed by atoms with Crippen LogP contribution in [0.4, 0.5) is 5.69 Å². The van der Waals surface area contributed by atoms with Crippen molar-refractivity contribution in [3.63, 3.8) is 0 Å². The predicted molar refractivity (Wildman–Crippen MR) is 135 cm³/mol. The molecule has 1 heterocycles. The first-order valence-electron chi connectivity index (χ1n) is 11.3. The third-order valence-corrected chi connectivity index (χ3v) is 6.86. The van der Waals surface area contributed by atoms with Gasteiger partial charge in [-0.2, -0.15) is 0 Å². The second kappa shape index (κ2) is 11.0. The number of rotatable bonds is 8. The molecule has 1 atom stereocenters. The van der Waals surface area contributed by atoms with Gasteiger partial charge in [0.15, 0.2) is 0 Å². The van der Waals surface area contributed by atoms with E-state index in [0.29, 0.717) is 30.1 Å². The summed E-state index contributed by atoms with van der Waals surface area (Å²) in [5, 5.41) is 5.55. The molecule has 180 valence electrons. The van der Waals surface area contributed by atoms with E-state index in [2.05, 4.69) is 20.3 Å². The highest BCUT2D eigenvalue weighted by molar-refractivity contribution is 7.90. The summed E-state index contributed by atoms with van der Waals surface area (Å²) in [7, 11) is -3.83. The van der Waals surface area contributed by atoms with Crippen molar-refractivity contribution in [1.82, 2.24) is 10.0 Å². The van der Waals surface area contributed by atoms with Gasteiger partial charge in [0.05, 0.1) is 4.90 Å². The van der Waals surface area contributed by atoms with E-state index in [1.165, 1.54) is 12.1 Å². The number of sulfonamides is 1. The molecule has 1 aliphatic heterocycles. The van der Waals surface area contributed by atoms with Crippen molar-refractivity contribution in [2.45, 2.75) is 30.2 Å². The van der Waals surface area contributed by atoms with Gasteiger partial charge in [0.2, 0.25) is 5.91 Å². The SMILES string of the molecule is O=C(NC(Cc1ccccc1)C(=O)Nc1cccc(S(=O)(=O)NC2=NCCC2)c1)c1ccccc1. The highest BCUT2D eigenvalue weighted by atomic mass is 32.2. The monoisotopic (exact) mass is 490 g/mol. The first-order valence-corrected chi connectivity index (χ1v) is 12.8. The maximum Gasteiger partial charge on any atom is 0.262 e. The highest BCUT2D eigenvalue weighted by Gasteiger charge is 2.23. The second-order valence-corrected chi connectivity index (χ2v) is 9.82. The van der Waals surface area contributed by atoms with Crippen LogP contribution < -0.4 is 15.4 Å². The molecule has 3 aromatic carbocycles. The topological polar surface area (TPSA) is 117 Å². The van der Waals surface area contributed by atoms with Crippen molar-refractivity contribution in [1.29, 1.82) is 0 Å². The van der Waals surface area contributed by atoms with E-state index < -0.39 is 22.0 Å². The van der Waals surface area contributed by atoms with Crippen molar-refractivity contribution in [3.8, 4) is 0 Å². The molecule has 8 nitrogen and oxygen atoms in total. The number of amides is 2. The smallest absolute Gasteiger partial charge is 0.262 e. The Morgan fingerprint density at radius 2 is 1.63 bits per heavy atom. The fourth-order valence-corrected chi connectivity index (χ4v) is 4.83. The molecule has 0 radical (unpaired) electrons. The molecule has 0 aromatic heterocycles. The molecule has 0 bridgehead atoms. The molecule has 3 N–H and O–H groups in total. The summed E-state index contributed by atoms with van der Waals surface area (Å²) in [6.07, 6.45) is 1.66. The molecule has 0 saturated carbocycles. The molecule has 0 fully saturated rings. The van der Waals surface area contributed by atoms with E-state index in [-0.39, 0.29) is 17.2 Å². The molecule has 0 aliphatic carbocycles. The molecular formula is C26H26N4O4S. The van der Waals surface area contributed by atoms with Crippen LogP contribution in [0.1, 0.15) is 28.8 Å². The second-order valence-electron chi connectivity index (χ2n) is 8.14. The number of hydrogen-bond acceptors (Lipinski definition) is 5. The lowest BCUT2D eigenvalue weighted by Gasteiger charge is -2.19. The van der Waals surface area contributed by atoms with E-state index in [0.717, 1.165) is 12.0 Å². The Labute approximate surface area is 204 Å². The van der Waals surface area contributed by atoms with Crippen LogP contribution in [-0.2, 0) is 21.2 Å². The van der Waals surface area contributed by atoms with Gasteiger partial charge in [0, 0.05) is 30.6 Å². The van der Waals surface area contributed by atoms with E-state index in [9.17, 15) is 18.0 Å². The Kier molecular flexibility index (Phi) is 7.57. The van der Waals surface area contributed by atoms with Gasteiger partial charge in [-0.05, 0) is 42.3 Å². The number of hydrogen-bond donors (Lipinski definition) is 3. The number of carbonyl (C=O) groups excluding carboxylic acids is 2. The number of carbonyl (C=O) groups is 2. The molecule has 3 aromatic rings. The van der Waals surface area contributed by atoms with Crippen molar-refractivity contribution in [3.05, 3.63) is 96.1 Å². The lowest BCUT2D eigenvalue weighted by molar-refractivity contribution is -0.118. The largest absolute Gasteiger partial charge is 0.340 e. The Morgan fingerprint density at radius 3 is 2.31 bits per heavy atom. The average Bonchev–Trinajstić information content (AvgIpc) is 3.37. The minimum absolute atomic E-state index is 0.0119. The van der Waals surface area contributed by atoms with Crippen LogP contribution in [0, 0.1) is 0 Å². The Bertz CT molecular complexity index is 1330. The average molecular weight is 491 g/mol. The summed E-state index contributed by atoms with van der Waals surface area (Å²) in [6, 6.07) is 23.1. The first-order chi connectivity index (χ1) is 16.9. The van der Waals surface area contributed by atoms with Gasteiger partial charge in [-0.3, -0.25) is 19.3 Å². The summed E-state index contributed by atoms with van der Waals surface area (Å²) in [5.41, 5.74) is 1.62. The highest BCUT2D eigenvalue weighted by Crippen LogP contribution is 2.17. The lowest BCUT2D eigenvalue weighted by atomic mass is 10.0. The van der Waals surface area contributed by atoms with Crippen LogP contribution in [0.5, 0.6) is 0 Å². The van der Waals surface area contributed by atoms with Gasteiger partial charge >= 0.3 is 0 Å². The van der Waals surface area contributed by atoms with Crippen molar-refractivity contribution < 1.29 is 18.0 Å². The molecule has 1 aliphatic rings. The van der Waals surface area contributed by atoms with Gasteiger partial charge in [-0.25, -0.2) is 8.42 Å². The number of amidine groups is 1. The summed E-state index contributed by atoms with van der Waals surface area (Å²) in [5.74, 6) is -0.397. The molecule has 1 unspecified atom stereocenters. The van der Waals surface area contributed by atoms with E-state index in [4.69, 9.17) is 0 Å². The van der Waals surface area contributed by atoms with E-state index in [1.807, 2.05) is 30.3 Å².